The number of nitrogens with two attached hydrogens (primary N) is 1. The van der Waals surface area contributed by atoms with Crippen LogP contribution in [0.15, 0.2) is 24.3 Å². The lowest BCUT2D eigenvalue weighted by atomic mass is 10.0. The standard InChI is InChI=1S/C15H21F3N2O/c1-10(2)7-13(19)9-20-14(21)8-11-3-5-12(6-4-11)15(16,17)18/h3-6,10,13H,7-9,19H2,1-2H3,(H,20,21). The van der Waals surface area contributed by atoms with E-state index in [1.807, 2.05) is 13.8 Å². The number of rotatable bonds is 6. The summed E-state index contributed by atoms with van der Waals surface area (Å²) in [6, 6.07) is 4.48. The van der Waals surface area contributed by atoms with E-state index >= 15 is 0 Å². The second-order valence-corrected chi connectivity index (χ2v) is 5.57. The fraction of sp³-hybridized carbons (Fsp3) is 0.533. The second-order valence-electron chi connectivity index (χ2n) is 5.57. The average molecular weight is 302 g/mol. The van der Waals surface area contributed by atoms with Crippen LogP contribution in [0.4, 0.5) is 13.2 Å². The number of nitrogens with one attached hydrogen (secondary N) is 1. The quantitative estimate of drug-likeness (QED) is 0.849. The minimum Gasteiger partial charge on any atom is -0.354 e. The Morgan fingerprint density at radius 1 is 1.24 bits per heavy atom. The van der Waals surface area contributed by atoms with E-state index in [9.17, 15) is 18.0 Å². The molecule has 1 amide bonds. The highest BCUT2D eigenvalue weighted by molar-refractivity contribution is 5.78. The van der Waals surface area contributed by atoms with Crippen LogP contribution in [0.3, 0.4) is 0 Å². The van der Waals surface area contributed by atoms with Crippen molar-refractivity contribution in [3.63, 3.8) is 0 Å². The van der Waals surface area contributed by atoms with Crippen molar-refractivity contribution in [3.05, 3.63) is 35.4 Å². The predicted octanol–water partition coefficient (Wildman–Crippen LogP) is 2.74. The molecule has 0 saturated carbocycles. The molecule has 118 valence electrons. The molecule has 0 radical (unpaired) electrons. The molecule has 0 aliphatic carbocycles. The molecule has 0 aliphatic rings. The zero-order chi connectivity index (χ0) is 16.0. The lowest BCUT2D eigenvalue weighted by molar-refractivity contribution is -0.137. The molecule has 6 heteroatoms. The summed E-state index contributed by atoms with van der Waals surface area (Å²) in [4.78, 5) is 11.7. The van der Waals surface area contributed by atoms with Crippen LogP contribution < -0.4 is 11.1 Å². The number of carbonyl (C=O) groups excluding carboxylic acids is 1. The first-order valence-corrected chi connectivity index (χ1v) is 6.87. The molecule has 1 aromatic carbocycles. The van der Waals surface area contributed by atoms with Crippen molar-refractivity contribution >= 4 is 5.91 Å². The summed E-state index contributed by atoms with van der Waals surface area (Å²) < 4.78 is 37.2. The first kappa shape index (κ1) is 17.5. The van der Waals surface area contributed by atoms with Crippen LogP contribution in [0.1, 0.15) is 31.4 Å². The minimum atomic E-state index is -4.36. The summed E-state index contributed by atoms with van der Waals surface area (Å²) in [6.45, 7) is 4.46. The van der Waals surface area contributed by atoms with Gasteiger partial charge in [-0.1, -0.05) is 26.0 Å². The highest BCUT2D eigenvalue weighted by Gasteiger charge is 2.29. The summed E-state index contributed by atoms with van der Waals surface area (Å²) in [5, 5.41) is 2.69. The third-order valence-electron chi connectivity index (χ3n) is 2.98. The van der Waals surface area contributed by atoms with E-state index in [1.54, 1.807) is 0 Å². The first-order valence-electron chi connectivity index (χ1n) is 6.87. The highest BCUT2D eigenvalue weighted by atomic mass is 19.4. The molecular formula is C15H21F3N2O. The number of amides is 1. The molecule has 0 aromatic heterocycles. The van der Waals surface area contributed by atoms with Gasteiger partial charge in [0.05, 0.1) is 12.0 Å². The van der Waals surface area contributed by atoms with E-state index in [4.69, 9.17) is 5.73 Å². The Kier molecular flexibility index (Phi) is 6.20. The number of halogens is 3. The first-order chi connectivity index (χ1) is 9.68. The van der Waals surface area contributed by atoms with Crippen molar-refractivity contribution in [3.8, 4) is 0 Å². The van der Waals surface area contributed by atoms with Crippen molar-refractivity contribution in [1.29, 1.82) is 0 Å². The molecule has 21 heavy (non-hydrogen) atoms. The van der Waals surface area contributed by atoms with Gasteiger partial charge in [-0.2, -0.15) is 13.2 Å². The van der Waals surface area contributed by atoms with Gasteiger partial charge in [0.1, 0.15) is 0 Å². The zero-order valence-electron chi connectivity index (χ0n) is 12.2. The van der Waals surface area contributed by atoms with Gasteiger partial charge in [-0.25, -0.2) is 0 Å². The molecule has 3 N–H and O–H groups in total. The molecule has 0 saturated heterocycles. The maximum absolute atomic E-state index is 12.4. The van der Waals surface area contributed by atoms with Gasteiger partial charge in [-0.15, -0.1) is 0 Å². The molecule has 0 aliphatic heterocycles. The molecule has 0 spiro atoms. The largest absolute Gasteiger partial charge is 0.416 e. The van der Waals surface area contributed by atoms with Crippen molar-refractivity contribution < 1.29 is 18.0 Å². The summed E-state index contributed by atoms with van der Waals surface area (Å²) >= 11 is 0. The van der Waals surface area contributed by atoms with Crippen LogP contribution in [0.25, 0.3) is 0 Å². The molecule has 3 nitrogen and oxygen atoms in total. The second kappa shape index (κ2) is 7.45. The summed E-state index contributed by atoms with van der Waals surface area (Å²) in [6.07, 6.45) is -3.50. The monoisotopic (exact) mass is 302 g/mol. The maximum Gasteiger partial charge on any atom is 0.416 e. The SMILES string of the molecule is CC(C)CC(N)CNC(=O)Cc1ccc(C(F)(F)F)cc1. The van der Waals surface area contributed by atoms with E-state index < -0.39 is 11.7 Å². The minimum absolute atomic E-state index is 0.0482. The molecule has 0 fully saturated rings. The van der Waals surface area contributed by atoms with Gasteiger partial charge >= 0.3 is 6.18 Å². The summed E-state index contributed by atoms with van der Waals surface area (Å²) in [5.74, 6) is 0.209. The molecular weight excluding hydrogens is 281 g/mol. The van der Waals surface area contributed by atoms with E-state index in [0.29, 0.717) is 18.0 Å². The van der Waals surface area contributed by atoms with Crippen LogP contribution >= 0.6 is 0 Å². The Morgan fingerprint density at radius 2 is 1.81 bits per heavy atom. The number of alkyl halides is 3. The lowest BCUT2D eigenvalue weighted by Crippen LogP contribution is -2.38. The van der Waals surface area contributed by atoms with E-state index in [-0.39, 0.29) is 18.4 Å². The Hall–Kier alpha value is -1.56. The van der Waals surface area contributed by atoms with Crippen LogP contribution in [0.5, 0.6) is 0 Å². The van der Waals surface area contributed by atoms with Crippen LogP contribution in [-0.2, 0) is 17.4 Å². The van der Waals surface area contributed by atoms with Gasteiger partial charge < -0.3 is 11.1 Å². The van der Waals surface area contributed by atoms with E-state index in [0.717, 1.165) is 18.6 Å². The third kappa shape index (κ3) is 6.62. The fourth-order valence-corrected chi connectivity index (χ4v) is 1.99. The van der Waals surface area contributed by atoms with E-state index in [2.05, 4.69) is 5.32 Å². The third-order valence-corrected chi connectivity index (χ3v) is 2.98. The highest BCUT2D eigenvalue weighted by Crippen LogP contribution is 2.29. The predicted molar refractivity (Wildman–Crippen MR) is 75.6 cm³/mol. The number of hydrogen-bond donors (Lipinski definition) is 2. The smallest absolute Gasteiger partial charge is 0.354 e. The Labute approximate surface area is 122 Å². The van der Waals surface area contributed by atoms with Gasteiger partial charge in [0, 0.05) is 12.6 Å². The molecule has 0 bridgehead atoms. The van der Waals surface area contributed by atoms with Crippen LogP contribution in [0, 0.1) is 5.92 Å². The molecule has 1 atom stereocenters. The molecule has 1 aromatic rings. The molecule has 1 rings (SSSR count). The summed E-state index contributed by atoms with van der Waals surface area (Å²) in [7, 11) is 0. The van der Waals surface area contributed by atoms with Crippen LogP contribution in [-0.4, -0.2) is 18.5 Å². The van der Waals surface area contributed by atoms with Crippen molar-refractivity contribution in [2.24, 2.45) is 11.7 Å². The Balaban J connectivity index is 2.45. The van der Waals surface area contributed by atoms with Gasteiger partial charge in [-0.3, -0.25) is 4.79 Å². The average Bonchev–Trinajstić information content (AvgIpc) is 2.35. The number of benzene rings is 1. The molecule has 0 heterocycles. The van der Waals surface area contributed by atoms with Gasteiger partial charge in [0.25, 0.3) is 0 Å². The van der Waals surface area contributed by atoms with Crippen molar-refractivity contribution in [2.75, 3.05) is 6.54 Å². The van der Waals surface area contributed by atoms with Crippen LogP contribution in [0.2, 0.25) is 0 Å². The van der Waals surface area contributed by atoms with Crippen molar-refractivity contribution in [1.82, 2.24) is 5.32 Å². The van der Waals surface area contributed by atoms with Gasteiger partial charge in [0.2, 0.25) is 5.91 Å². The van der Waals surface area contributed by atoms with Gasteiger partial charge in [0.15, 0.2) is 0 Å². The fourth-order valence-electron chi connectivity index (χ4n) is 1.99. The normalized spacial score (nSPS) is 13.3. The lowest BCUT2D eigenvalue weighted by Gasteiger charge is -2.15. The maximum atomic E-state index is 12.4. The van der Waals surface area contributed by atoms with E-state index in [1.165, 1.54) is 12.1 Å². The number of carbonyl (C=O) groups is 1. The van der Waals surface area contributed by atoms with Crippen molar-refractivity contribution in [2.45, 2.75) is 38.9 Å². The topological polar surface area (TPSA) is 55.1 Å². The molecule has 1 unspecified atom stereocenters. The number of hydrogen-bond acceptors (Lipinski definition) is 2. The van der Waals surface area contributed by atoms with Gasteiger partial charge in [-0.05, 0) is 30.0 Å². The summed E-state index contributed by atoms with van der Waals surface area (Å²) in [5.41, 5.74) is 5.67. The zero-order valence-corrected chi connectivity index (χ0v) is 12.2. The Bertz CT molecular complexity index is 455. The Morgan fingerprint density at radius 3 is 2.29 bits per heavy atom.